The Kier molecular flexibility index (Phi) is 5.40. The Labute approximate surface area is 141 Å². The van der Waals surface area contributed by atoms with Crippen molar-refractivity contribution in [1.29, 1.82) is 0 Å². The molecule has 0 bridgehead atoms. The normalized spacial score (nSPS) is 34.1. The minimum absolute atomic E-state index is 0.0369. The molecule has 0 radical (unpaired) electrons. The van der Waals surface area contributed by atoms with E-state index in [-0.39, 0.29) is 12.4 Å². The zero-order valence-corrected chi connectivity index (χ0v) is 14.4. The molecule has 2 fully saturated rings. The molecule has 1 aromatic heterocycles. The van der Waals surface area contributed by atoms with Crippen molar-refractivity contribution in [2.24, 2.45) is 0 Å². The first-order valence-corrected chi connectivity index (χ1v) is 9.97. The Morgan fingerprint density at radius 3 is 2.92 bits per heavy atom. The first-order chi connectivity index (χ1) is 11.4. The molecular formula is C12H19FN3O6PS. The van der Waals surface area contributed by atoms with E-state index in [1.807, 2.05) is 0 Å². The maximum absolute atomic E-state index is 14.4. The Bertz CT molecular complexity index is 645. The van der Waals surface area contributed by atoms with Crippen molar-refractivity contribution < 1.29 is 28.0 Å². The summed E-state index contributed by atoms with van der Waals surface area (Å²) in [5.74, 6) is 0.0369. The van der Waals surface area contributed by atoms with Crippen LogP contribution in [0, 0.1) is 0 Å². The minimum atomic E-state index is -3.72. The van der Waals surface area contributed by atoms with Gasteiger partial charge in [0.2, 0.25) is 0 Å². The van der Waals surface area contributed by atoms with Crippen LogP contribution in [0.25, 0.3) is 0 Å². The SMILES string of the molecule is Nc1ccn([C@@H]2S[C@H](CO[PH]3(O)OCCCO3)[C@@H](O)[C@@H]2F)c(=O)n1. The number of halogens is 1. The number of aromatic nitrogens is 2. The maximum atomic E-state index is 14.4. The van der Waals surface area contributed by atoms with Gasteiger partial charge in [0, 0.05) is 0 Å². The number of aliphatic hydroxyl groups is 1. The van der Waals surface area contributed by atoms with Crippen LogP contribution in [0.2, 0.25) is 0 Å². The van der Waals surface area contributed by atoms with E-state index in [4.69, 9.17) is 19.3 Å². The molecular weight excluding hydrogens is 364 g/mol. The van der Waals surface area contributed by atoms with Crippen LogP contribution in [0.15, 0.2) is 17.1 Å². The molecule has 136 valence electrons. The van der Waals surface area contributed by atoms with Crippen molar-refractivity contribution in [3.05, 3.63) is 22.7 Å². The molecule has 0 spiro atoms. The molecule has 2 aliphatic heterocycles. The van der Waals surface area contributed by atoms with Crippen LogP contribution in [0.5, 0.6) is 0 Å². The number of nitrogen functional groups attached to an aromatic ring is 1. The summed E-state index contributed by atoms with van der Waals surface area (Å²) in [7, 11) is -3.72. The number of hydrogen-bond acceptors (Lipinski definition) is 9. The van der Waals surface area contributed by atoms with Gasteiger partial charge in [-0.2, -0.15) is 0 Å². The molecule has 4 N–H and O–H groups in total. The monoisotopic (exact) mass is 383 g/mol. The molecule has 1 aromatic rings. The van der Waals surface area contributed by atoms with Gasteiger partial charge < -0.3 is 0 Å². The number of alkyl halides is 1. The standard InChI is InChI=1S/C12H19FN3O6PS/c13-9-10(17)7(6-22-23(19)20-4-1-5-21-23)24-11(9)16-3-2-8(14)15-12(16)18/h2-3,7,9-11,17,19,23H,1,4-6H2,(H2,14,15,18)/t7-,9+,10-,11-/m1/s1. The van der Waals surface area contributed by atoms with Crippen molar-refractivity contribution in [3.63, 3.8) is 0 Å². The predicted octanol–water partition coefficient (Wildman–Crippen LogP) is -0.00580. The van der Waals surface area contributed by atoms with Crippen LogP contribution in [-0.2, 0) is 13.6 Å². The molecule has 0 aromatic carbocycles. The van der Waals surface area contributed by atoms with Gasteiger partial charge in [-0.15, -0.1) is 0 Å². The number of anilines is 1. The summed E-state index contributed by atoms with van der Waals surface area (Å²) in [6.07, 6.45) is -1.08. The topological polar surface area (TPSA) is 129 Å². The number of thioether (sulfide) groups is 1. The van der Waals surface area contributed by atoms with E-state index in [2.05, 4.69) is 4.98 Å². The number of hydrogen-bond donors (Lipinski definition) is 3. The summed E-state index contributed by atoms with van der Waals surface area (Å²) in [6, 6.07) is 1.38. The number of nitrogens with two attached hydrogens (primary N) is 1. The van der Waals surface area contributed by atoms with Crippen LogP contribution in [0.1, 0.15) is 11.8 Å². The molecule has 0 unspecified atom stereocenters. The average molecular weight is 383 g/mol. The van der Waals surface area contributed by atoms with Gasteiger partial charge in [-0.25, -0.2) is 0 Å². The zero-order valence-electron chi connectivity index (χ0n) is 12.6. The Morgan fingerprint density at radius 1 is 1.54 bits per heavy atom. The third kappa shape index (κ3) is 3.72. The Hall–Kier alpha value is -0.810. The fraction of sp³-hybridized carbons (Fsp3) is 0.667. The molecule has 3 rings (SSSR count). The van der Waals surface area contributed by atoms with Crippen molar-refractivity contribution in [2.45, 2.75) is 29.3 Å². The molecule has 4 atom stereocenters. The van der Waals surface area contributed by atoms with Gasteiger partial charge in [0.15, 0.2) is 0 Å². The summed E-state index contributed by atoms with van der Waals surface area (Å²) < 4.78 is 31.0. The summed E-state index contributed by atoms with van der Waals surface area (Å²) >= 11 is 1.02. The molecule has 0 aliphatic carbocycles. The fourth-order valence-electron chi connectivity index (χ4n) is 2.46. The molecule has 2 saturated heterocycles. The van der Waals surface area contributed by atoms with Gasteiger partial charge in [-0.3, -0.25) is 0 Å². The number of aliphatic hydroxyl groups excluding tert-OH is 1. The van der Waals surface area contributed by atoms with Crippen molar-refractivity contribution in [2.75, 3.05) is 25.6 Å². The predicted molar refractivity (Wildman–Crippen MR) is 87.2 cm³/mol. The van der Waals surface area contributed by atoms with Crippen molar-refractivity contribution >= 4 is 25.7 Å². The molecule has 24 heavy (non-hydrogen) atoms. The van der Waals surface area contributed by atoms with Gasteiger partial charge in [-0.05, 0) is 0 Å². The average Bonchev–Trinajstić information content (AvgIpc) is 2.82. The molecule has 12 heteroatoms. The Morgan fingerprint density at radius 2 is 2.25 bits per heavy atom. The number of nitrogens with zero attached hydrogens (tertiary/aromatic N) is 2. The quantitative estimate of drug-likeness (QED) is 0.615. The van der Waals surface area contributed by atoms with Crippen LogP contribution in [0.4, 0.5) is 10.2 Å². The van der Waals surface area contributed by atoms with Gasteiger partial charge in [0.05, 0.1) is 0 Å². The van der Waals surface area contributed by atoms with E-state index in [0.717, 1.165) is 16.3 Å². The summed E-state index contributed by atoms with van der Waals surface area (Å²) in [4.78, 5) is 25.5. The van der Waals surface area contributed by atoms with E-state index in [9.17, 15) is 19.2 Å². The van der Waals surface area contributed by atoms with Gasteiger partial charge in [0.1, 0.15) is 0 Å². The Balaban J connectivity index is 1.67. The molecule has 3 heterocycles. The second-order valence-electron chi connectivity index (χ2n) is 5.43. The molecule has 2 aliphatic rings. The van der Waals surface area contributed by atoms with Gasteiger partial charge >= 0.3 is 141 Å². The van der Waals surface area contributed by atoms with E-state index >= 15 is 0 Å². The van der Waals surface area contributed by atoms with Crippen LogP contribution in [-0.4, -0.2) is 56.9 Å². The molecule has 9 nitrogen and oxygen atoms in total. The second kappa shape index (κ2) is 7.20. The van der Waals surface area contributed by atoms with Crippen molar-refractivity contribution in [3.8, 4) is 0 Å². The van der Waals surface area contributed by atoms with E-state index in [1.165, 1.54) is 12.3 Å². The first-order valence-electron chi connectivity index (χ1n) is 7.36. The summed E-state index contributed by atoms with van der Waals surface area (Å²) in [5, 5.41) is 8.41. The summed E-state index contributed by atoms with van der Waals surface area (Å²) in [5.41, 5.74) is 4.72. The van der Waals surface area contributed by atoms with Crippen LogP contribution < -0.4 is 11.4 Å². The van der Waals surface area contributed by atoms with Crippen molar-refractivity contribution in [1.82, 2.24) is 9.55 Å². The fourth-order valence-corrected chi connectivity index (χ4v) is 5.44. The third-order valence-electron chi connectivity index (χ3n) is 3.71. The van der Waals surface area contributed by atoms with E-state index < -0.39 is 36.8 Å². The van der Waals surface area contributed by atoms with Gasteiger partial charge in [0.25, 0.3) is 0 Å². The van der Waals surface area contributed by atoms with Crippen LogP contribution >= 0.6 is 19.9 Å². The second-order valence-corrected chi connectivity index (χ2v) is 8.70. The molecule has 0 saturated carbocycles. The third-order valence-corrected chi connectivity index (χ3v) is 6.91. The first kappa shape index (κ1) is 18.0. The number of rotatable bonds is 4. The zero-order chi connectivity index (χ0) is 17.3. The van der Waals surface area contributed by atoms with E-state index in [1.54, 1.807) is 0 Å². The van der Waals surface area contributed by atoms with Crippen LogP contribution in [0.3, 0.4) is 0 Å². The molecule has 0 amide bonds. The van der Waals surface area contributed by atoms with Gasteiger partial charge in [-0.1, -0.05) is 0 Å². The summed E-state index contributed by atoms with van der Waals surface area (Å²) in [6.45, 7) is 0.483. The van der Waals surface area contributed by atoms with E-state index in [0.29, 0.717) is 19.6 Å².